The second kappa shape index (κ2) is 5.54. The summed E-state index contributed by atoms with van der Waals surface area (Å²) >= 11 is 0. The number of imidazole rings is 1. The number of rotatable bonds is 3. The average molecular weight is 276 g/mol. The zero-order valence-corrected chi connectivity index (χ0v) is 11.1. The Hall–Kier alpha value is -3.01. The van der Waals surface area contributed by atoms with E-state index in [1.54, 1.807) is 54.7 Å². The molecular weight excluding hydrogens is 264 g/mol. The summed E-state index contributed by atoms with van der Waals surface area (Å²) in [5.74, 6) is -0.438. The van der Waals surface area contributed by atoms with Crippen LogP contribution in [0.2, 0.25) is 0 Å². The number of aromatic nitrogens is 2. The number of hydrogen-bond acceptors (Lipinski definition) is 3. The lowest BCUT2D eigenvalue weighted by Crippen LogP contribution is -2.15. The van der Waals surface area contributed by atoms with Gasteiger partial charge in [-0.05, 0) is 6.07 Å². The molecule has 0 fully saturated rings. The van der Waals surface area contributed by atoms with Gasteiger partial charge in [-0.2, -0.15) is 0 Å². The molecule has 0 saturated carbocycles. The van der Waals surface area contributed by atoms with Crippen molar-refractivity contribution in [2.45, 2.75) is 0 Å². The summed E-state index contributed by atoms with van der Waals surface area (Å²) in [6, 6.07) is 15.7. The minimum Gasteiger partial charge on any atom is -0.289 e. The predicted molar refractivity (Wildman–Crippen MR) is 78.3 cm³/mol. The normalized spacial score (nSPS) is 10.3. The molecular formula is C17H12N2O2. The van der Waals surface area contributed by atoms with Crippen LogP contribution in [0.25, 0.3) is 0 Å². The van der Waals surface area contributed by atoms with Crippen molar-refractivity contribution >= 4 is 11.7 Å². The van der Waals surface area contributed by atoms with Crippen molar-refractivity contribution in [3.63, 3.8) is 0 Å². The average Bonchev–Trinajstić information content (AvgIpc) is 3.09. The summed E-state index contributed by atoms with van der Waals surface area (Å²) in [5, 5.41) is 0. The molecule has 2 aromatic carbocycles. The van der Waals surface area contributed by atoms with Gasteiger partial charge in [-0.15, -0.1) is 0 Å². The molecule has 21 heavy (non-hydrogen) atoms. The molecule has 0 N–H and O–H groups in total. The molecule has 3 aromatic rings. The van der Waals surface area contributed by atoms with Gasteiger partial charge in [-0.25, -0.2) is 4.98 Å². The van der Waals surface area contributed by atoms with Crippen LogP contribution in [0.3, 0.4) is 0 Å². The summed E-state index contributed by atoms with van der Waals surface area (Å²) in [4.78, 5) is 28.9. The number of nitrogens with zero attached hydrogens (tertiary/aromatic N) is 2. The monoisotopic (exact) mass is 276 g/mol. The molecule has 102 valence electrons. The highest BCUT2D eigenvalue weighted by atomic mass is 16.2. The Kier molecular flexibility index (Phi) is 3.43. The highest BCUT2D eigenvalue weighted by Crippen LogP contribution is 2.16. The van der Waals surface area contributed by atoms with Gasteiger partial charge in [0.25, 0.3) is 5.91 Å². The topological polar surface area (TPSA) is 52.0 Å². The summed E-state index contributed by atoms with van der Waals surface area (Å²) in [5.41, 5.74) is 1.31. The zero-order chi connectivity index (χ0) is 14.7. The van der Waals surface area contributed by atoms with Crippen molar-refractivity contribution in [2.75, 3.05) is 0 Å². The van der Waals surface area contributed by atoms with Crippen LogP contribution in [0.4, 0.5) is 0 Å². The Morgan fingerprint density at radius 2 is 1.52 bits per heavy atom. The fourth-order valence-electron chi connectivity index (χ4n) is 2.13. The highest BCUT2D eigenvalue weighted by Gasteiger charge is 2.18. The van der Waals surface area contributed by atoms with Crippen LogP contribution >= 0.6 is 0 Å². The van der Waals surface area contributed by atoms with Gasteiger partial charge in [0.1, 0.15) is 6.33 Å². The maximum Gasteiger partial charge on any atom is 0.263 e. The molecule has 0 unspecified atom stereocenters. The van der Waals surface area contributed by atoms with Gasteiger partial charge in [-0.1, -0.05) is 48.5 Å². The lowest BCUT2D eigenvalue weighted by atomic mass is 9.98. The number of carbonyl (C=O) groups is 2. The maximum absolute atomic E-state index is 12.6. The Bertz CT molecular complexity index is 778. The second-order valence-corrected chi connectivity index (χ2v) is 4.52. The van der Waals surface area contributed by atoms with Crippen LogP contribution < -0.4 is 0 Å². The van der Waals surface area contributed by atoms with Gasteiger partial charge in [0.05, 0.1) is 5.56 Å². The maximum atomic E-state index is 12.6. The molecule has 0 atom stereocenters. The van der Waals surface area contributed by atoms with Gasteiger partial charge in [0.15, 0.2) is 5.78 Å². The van der Waals surface area contributed by atoms with Gasteiger partial charge < -0.3 is 0 Å². The molecule has 3 rings (SSSR count). The standard InChI is InChI=1S/C17H12N2O2/c20-16(13-6-2-1-3-7-13)14-8-4-5-9-15(14)17(21)19-11-10-18-12-19/h1-12H. The van der Waals surface area contributed by atoms with E-state index in [0.29, 0.717) is 16.7 Å². The van der Waals surface area contributed by atoms with Crippen LogP contribution in [0.15, 0.2) is 73.3 Å². The first-order valence-electron chi connectivity index (χ1n) is 6.49. The van der Waals surface area contributed by atoms with E-state index in [1.807, 2.05) is 6.07 Å². The molecule has 4 heteroatoms. The third-order valence-electron chi connectivity index (χ3n) is 3.18. The molecule has 1 heterocycles. The van der Waals surface area contributed by atoms with Crippen LogP contribution in [-0.4, -0.2) is 21.2 Å². The van der Waals surface area contributed by atoms with E-state index in [2.05, 4.69) is 4.98 Å². The van der Waals surface area contributed by atoms with Crippen molar-refractivity contribution in [2.24, 2.45) is 0 Å². The van der Waals surface area contributed by atoms with Crippen LogP contribution in [0.5, 0.6) is 0 Å². The lowest BCUT2D eigenvalue weighted by Gasteiger charge is -2.08. The molecule has 0 spiro atoms. The number of hydrogen-bond donors (Lipinski definition) is 0. The number of carbonyl (C=O) groups excluding carboxylic acids is 2. The minimum absolute atomic E-state index is 0.167. The SMILES string of the molecule is O=C(c1ccccc1)c1ccccc1C(=O)n1ccnc1. The van der Waals surface area contributed by atoms with E-state index in [1.165, 1.54) is 17.1 Å². The molecule has 0 amide bonds. The van der Waals surface area contributed by atoms with Gasteiger partial charge >= 0.3 is 0 Å². The van der Waals surface area contributed by atoms with E-state index in [4.69, 9.17) is 0 Å². The first-order valence-corrected chi connectivity index (χ1v) is 6.49. The summed E-state index contributed by atoms with van der Waals surface area (Å²) in [6.07, 6.45) is 4.51. The summed E-state index contributed by atoms with van der Waals surface area (Å²) < 4.78 is 1.36. The molecule has 0 aliphatic rings. The predicted octanol–water partition coefficient (Wildman–Crippen LogP) is 2.80. The Morgan fingerprint density at radius 1 is 0.857 bits per heavy atom. The number of benzene rings is 2. The van der Waals surface area contributed by atoms with E-state index in [-0.39, 0.29) is 11.7 Å². The largest absolute Gasteiger partial charge is 0.289 e. The van der Waals surface area contributed by atoms with Crippen molar-refractivity contribution in [1.29, 1.82) is 0 Å². The van der Waals surface area contributed by atoms with Crippen molar-refractivity contribution in [3.8, 4) is 0 Å². The Morgan fingerprint density at radius 3 is 2.19 bits per heavy atom. The molecule has 0 radical (unpaired) electrons. The third kappa shape index (κ3) is 2.51. The van der Waals surface area contributed by atoms with E-state index in [9.17, 15) is 9.59 Å². The minimum atomic E-state index is -0.271. The zero-order valence-electron chi connectivity index (χ0n) is 11.1. The van der Waals surface area contributed by atoms with Gasteiger partial charge in [-0.3, -0.25) is 14.2 Å². The second-order valence-electron chi connectivity index (χ2n) is 4.52. The molecule has 0 aliphatic heterocycles. The Balaban J connectivity index is 2.05. The molecule has 4 nitrogen and oxygen atoms in total. The molecule has 0 aliphatic carbocycles. The quantitative estimate of drug-likeness (QED) is 0.691. The van der Waals surface area contributed by atoms with Gasteiger partial charge in [0, 0.05) is 23.5 Å². The van der Waals surface area contributed by atoms with Crippen LogP contribution in [0.1, 0.15) is 26.3 Å². The van der Waals surface area contributed by atoms with Crippen molar-refractivity contribution in [3.05, 3.63) is 90.0 Å². The van der Waals surface area contributed by atoms with E-state index >= 15 is 0 Å². The van der Waals surface area contributed by atoms with Crippen molar-refractivity contribution < 1.29 is 9.59 Å². The molecule has 1 aromatic heterocycles. The first kappa shape index (κ1) is 13.0. The third-order valence-corrected chi connectivity index (χ3v) is 3.18. The fraction of sp³-hybridized carbons (Fsp3) is 0. The van der Waals surface area contributed by atoms with Crippen molar-refractivity contribution in [1.82, 2.24) is 9.55 Å². The lowest BCUT2D eigenvalue weighted by molar-refractivity contribution is 0.0947. The fourth-order valence-corrected chi connectivity index (χ4v) is 2.13. The van der Waals surface area contributed by atoms with Gasteiger partial charge in [0.2, 0.25) is 0 Å². The van der Waals surface area contributed by atoms with Crippen LogP contribution in [-0.2, 0) is 0 Å². The Labute approximate surface area is 121 Å². The van der Waals surface area contributed by atoms with E-state index in [0.717, 1.165) is 0 Å². The molecule has 0 bridgehead atoms. The smallest absolute Gasteiger partial charge is 0.263 e. The van der Waals surface area contributed by atoms with Crippen LogP contribution in [0, 0.1) is 0 Å². The first-order chi connectivity index (χ1) is 10.3. The molecule has 0 saturated heterocycles. The summed E-state index contributed by atoms with van der Waals surface area (Å²) in [6.45, 7) is 0. The number of ketones is 1. The highest BCUT2D eigenvalue weighted by molar-refractivity contribution is 6.15. The van der Waals surface area contributed by atoms with E-state index < -0.39 is 0 Å². The summed E-state index contributed by atoms with van der Waals surface area (Å²) in [7, 11) is 0.